The molecule has 1 amide bonds. The van der Waals surface area contributed by atoms with Crippen LogP contribution in [0.15, 0.2) is 12.1 Å². The number of carboxylic acids is 1. The van der Waals surface area contributed by atoms with Crippen molar-refractivity contribution in [3.8, 4) is 12.3 Å². The first-order valence-electron chi connectivity index (χ1n) is 4.82. The largest absolute Gasteiger partial charge is 0.478 e. The summed E-state index contributed by atoms with van der Waals surface area (Å²) in [5, 5.41) is 8.63. The predicted octanol–water partition coefficient (Wildman–Crippen LogP) is 1.65. The summed E-state index contributed by atoms with van der Waals surface area (Å²) < 4.78 is 27.3. The lowest BCUT2D eigenvalue weighted by molar-refractivity contribution is -0.116. The third kappa shape index (κ3) is 2.63. The molecule has 1 aromatic carbocycles. The van der Waals surface area contributed by atoms with Crippen LogP contribution in [0, 0.1) is 24.0 Å². The van der Waals surface area contributed by atoms with Crippen LogP contribution < -0.4 is 4.90 Å². The summed E-state index contributed by atoms with van der Waals surface area (Å²) >= 11 is 0. The lowest BCUT2D eigenvalue weighted by Crippen LogP contribution is -2.30. The van der Waals surface area contributed by atoms with Crippen LogP contribution in [0.4, 0.5) is 14.5 Å². The smallest absolute Gasteiger partial charge is 0.335 e. The number of terminal acetylenes is 1. The van der Waals surface area contributed by atoms with Gasteiger partial charge in [0.05, 0.1) is 12.1 Å². The molecule has 94 valence electrons. The van der Waals surface area contributed by atoms with Gasteiger partial charge in [0.25, 0.3) is 0 Å². The average Bonchev–Trinajstić information content (AvgIpc) is 2.26. The summed E-state index contributed by atoms with van der Waals surface area (Å²) in [6.45, 7) is 0.789. The summed E-state index contributed by atoms with van der Waals surface area (Å²) in [4.78, 5) is 22.6. The monoisotopic (exact) mass is 253 g/mol. The molecule has 0 heterocycles. The zero-order chi connectivity index (χ0) is 13.9. The van der Waals surface area contributed by atoms with Crippen molar-refractivity contribution in [1.82, 2.24) is 0 Å². The maximum absolute atomic E-state index is 13.6. The molecule has 4 nitrogen and oxygen atoms in total. The Morgan fingerprint density at radius 2 is 1.89 bits per heavy atom. The first kappa shape index (κ1) is 13.6. The fraction of sp³-hybridized carbons (Fsp3) is 0.167. The zero-order valence-corrected chi connectivity index (χ0v) is 9.41. The summed E-state index contributed by atoms with van der Waals surface area (Å²) in [6, 6.07) is 1.26. The molecule has 0 atom stereocenters. The molecule has 18 heavy (non-hydrogen) atoms. The lowest BCUT2D eigenvalue weighted by atomic mass is 10.1. The highest BCUT2D eigenvalue weighted by atomic mass is 19.1. The number of benzene rings is 1. The van der Waals surface area contributed by atoms with Gasteiger partial charge in [-0.15, -0.1) is 6.42 Å². The molecule has 1 rings (SSSR count). The summed E-state index contributed by atoms with van der Waals surface area (Å²) in [6.07, 6.45) is 5.00. The highest BCUT2D eigenvalue weighted by Crippen LogP contribution is 2.25. The SMILES string of the molecule is C#CCN(C(C)=O)c1c(F)cc(C(=O)O)cc1F. The maximum atomic E-state index is 13.6. The molecule has 0 aliphatic rings. The van der Waals surface area contributed by atoms with Crippen LogP contribution in [0.25, 0.3) is 0 Å². The highest BCUT2D eigenvalue weighted by Gasteiger charge is 2.22. The minimum absolute atomic E-state index is 0.310. The Hall–Kier alpha value is -2.42. The van der Waals surface area contributed by atoms with Crippen LogP contribution in [0.2, 0.25) is 0 Å². The Morgan fingerprint density at radius 1 is 1.39 bits per heavy atom. The van der Waals surface area contributed by atoms with Crippen LogP contribution in [0.1, 0.15) is 17.3 Å². The normalized spacial score (nSPS) is 9.67. The summed E-state index contributed by atoms with van der Waals surface area (Å²) in [7, 11) is 0. The highest BCUT2D eigenvalue weighted by molar-refractivity contribution is 5.93. The van der Waals surface area contributed by atoms with Gasteiger partial charge in [0.2, 0.25) is 5.91 Å². The molecular formula is C12H9F2NO3. The molecule has 0 saturated carbocycles. The number of aromatic carboxylic acids is 1. The van der Waals surface area contributed by atoms with E-state index in [1.807, 2.05) is 0 Å². The number of amides is 1. The van der Waals surface area contributed by atoms with E-state index in [1.165, 1.54) is 0 Å². The quantitative estimate of drug-likeness (QED) is 0.833. The Bertz CT molecular complexity index is 526. The molecule has 0 spiro atoms. The Morgan fingerprint density at radius 3 is 2.22 bits per heavy atom. The minimum Gasteiger partial charge on any atom is -0.478 e. The first-order chi connectivity index (χ1) is 8.38. The standard InChI is InChI=1S/C12H9F2NO3/c1-3-4-15(7(2)16)11-9(13)5-8(12(17)18)6-10(11)14/h1,5-6H,4H2,2H3,(H,17,18). The van der Waals surface area contributed by atoms with Crippen LogP contribution >= 0.6 is 0 Å². The Balaban J connectivity index is 3.37. The summed E-state index contributed by atoms with van der Waals surface area (Å²) in [5.74, 6) is -2.33. The number of carbonyl (C=O) groups excluding carboxylic acids is 1. The maximum Gasteiger partial charge on any atom is 0.335 e. The van der Waals surface area contributed by atoms with Gasteiger partial charge in [-0.2, -0.15) is 0 Å². The molecule has 0 aliphatic carbocycles. The van der Waals surface area contributed by atoms with Crippen LogP contribution in [-0.4, -0.2) is 23.5 Å². The molecule has 0 aromatic heterocycles. The van der Waals surface area contributed by atoms with Gasteiger partial charge < -0.3 is 5.11 Å². The molecule has 6 heteroatoms. The van der Waals surface area contributed by atoms with Crippen molar-refractivity contribution in [3.63, 3.8) is 0 Å². The van der Waals surface area contributed by atoms with Crippen molar-refractivity contribution in [2.45, 2.75) is 6.92 Å². The third-order valence-corrected chi connectivity index (χ3v) is 2.16. The number of hydrogen-bond acceptors (Lipinski definition) is 2. The van der Waals surface area contributed by atoms with Crippen LogP contribution in [0.3, 0.4) is 0 Å². The van der Waals surface area contributed by atoms with E-state index >= 15 is 0 Å². The molecular weight excluding hydrogens is 244 g/mol. The number of nitrogens with zero attached hydrogens (tertiary/aromatic N) is 1. The Labute approximate surface area is 102 Å². The molecule has 0 radical (unpaired) electrons. The topological polar surface area (TPSA) is 57.6 Å². The predicted molar refractivity (Wildman–Crippen MR) is 60.2 cm³/mol. The van der Waals surface area contributed by atoms with Crippen molar-refractivity contribution in [2.24, 2.45) is 0 Å². The number of anilines is 1. The minimum atomic E-state index is -1.47. The lowest BCUT2D eigenvalue weighted by Gasteiger charge is -2.19. The van der Waals surface area contributed by atoms with Gasteiger partial charge in [0, 0.05) is 6.92 Å². The first-order valence-corrected chi connectivity index (χ1v) is 4.82. The van der Waals surface area contributed by atoms with E-state index in [9.17, 15) is 18.4 Å². The molecule has 1 aromatic rings. The van der Waals surface area contributed by atoms with E-state index < -0.39 is 34.8 Å². The van der Waals surface area contributed by atoms with E-state index in [2.05, 4.69) is 5.92 Å². The van der Waals surface area contributed by atoms with Crippen molar-refractivity contribution in [3.05, 3.63) is 29.3 Å². The fourth-order valence-corrected chi connectivity index (χ4v) is 1.39. The molecule has 1 N–H and O–H groups in total. The van der Waals surface area contributed by atoms with Crippen molar-refractivity contribution in [1.29, 1.82) is 0 Å². The second-order valence-electron chi connectivity index (χ2n) is 3.40. The number of carbonyl (C=O) groups is 2. The van der Waals surface area contributed by atoms with Gasteiger partial charge in [0.1, 0.15) is 5.69 Å². The summed E-state index contributed by atoms with van der Waals surface area (Å²) in [5.41, 5.74) is -1.19. The number of carboxylic acid groups (broad SMARTS) is 1. The number of rotatable bonds is 3. The second kappa shape index (κ2) is 5.27. The van der Waals surface area contributed by atoms with E-state index in [0.717, 1.165) is 11.8 Å². The molecule has 0 fully saturated rings. The van der Waals surface area contributed by atoms with Crippen molar-refractivity contribution in [2.75, 3.05) is 11.4 Å². The molecule has 0 aliphatic heterocycles. The van der Waals surface area contributed by atoms with Crippen LogP contribution in [-0.2, 0) is 4.79 Å². The molecule has 0 bridgehead atoms. The van der Waals surface area contributed by atoms with E-state index in [1.54, 1.807) is 0 Å². The molecule has 0 saturated heterocycles. The van der Waals surface area contributed by atoms with Gasteiger partial charge in [0.15, 0.2) is 11.6 Å². The Kier molecular flexibility index (Phi) is 4.00. The fourth-order valence-electron chi connectivity index (χ4n) is 1.39. The van der Waals surface area contributed by atoms with E-state index in [-0.39, 0.29) is 6.54 Å². The number of hydrogen-bond donors (Lipinski definition) is 1. The average molecular weight is 253 g/mol. The number of halogens is 2. The van der Waals surface area contributed by atoms with Gasteiger partial charge in [-0.3, -0.25) is 9.69 Å². The van der Waals surface area contributed by atoms with Crippen molar-refractivity contribution >= 4 is 17.6 Å². The zero-order valence-electron chi connectivity index (χ0n) is 9.41. The third-order valence-electron chi connectivity index (χ3n) is 2.16. The van der Waals surface area contributed by atoms with E-state index in [4.69, 9.17) is 11.5 Å². The molecule has 0 unspecified atom stereocenters. The van der Waals surface area contributed by atoms with E-state index in [0.29, 0.717) is 12.1 Å². The second-order valence-corrected chi connectivity index (χ2v) is 3.40. The van der Waals surface area contributed by atoms with Crippen LogP contribution in [0.5, 0.6) is 0 Å². The van der Waals surface area contributed by atoms with Gasteiger partial charge in [-0.25, -0.2) is 13.6 Å². The van der Waals surface area contributed by atoms with Gasteiger partial charge in [-0.1, -0.05) is 5.92 Å². The van der Waals surface area contributed by atoms with Gasteiger partial charge >= 0.3 is 5.97 Å². The van der Waals surface area contributed by atoms with Crippen molar-refractivity contribution < 1.29 is 23.5 Å². The van der Waals surface area contributed by atoms with Gasteiger partial charge in [-0.05, 0) is 12.1 Å².